The molecule has 0 radical (unpaired) electrons. The summed E-state index contributed by atoms with van der Waals surface area (Å²) >= 11 is 0. The maximum absolute atomic E-state index is 14.1. The normalized spacial score (nSPS) is 12.7. The van der Waals surface area contributed by atoms with E-state index in [0.29, 0.717) is 6.42 Å². The van der Waals surface area contributed by atoms with Crippen LogP contribution in [0, 0.1) is 5.82 Å². The van der Waals surface area contributed by atoms with Gasteiger partial charge in [0.1, 0.15) is 5.82 Å². The number of para-hydroxylation sites is 1. The second-order valence-corrected chi connectivity index (χ2v) is 8.24. The monoisotopic (exact) mass is 394 g/mol. The first-order valence-corrected chi connectivity index (χ1v) is 10.5. The Morgan fingerprint density at radius 3 is 2.38 bits per heavy atom. The van der Waals surface area contributed by atoms with Crippen molar-refractivity contribution in [3.05, 3.63) is 71.2 Å². The van der Waals surface area contributed by atoms with Crippen molar-refractivity contribution in [3.63, 3.8) is 0 Å². The van der Waals surface area contributed by atoms with Crippen LogP contribution in [0.1, 0.15) is 63.6 Å². The largest absolute Gasteiger partial charge is 0.361 e. The number of aryl methyl sites for hydroxylation is 1. The molecule has 0 fully saturated rings. The molecule has 1 amide bonds. The van der Waals surface area contributed by atoms with Gasteiger partial charge in [-0.25, -0.2) is 4.39 Å². The van der Waals surface area contributed by atoms with E-state index in [1.54, 1.807) is 12.1 Å². The zero-order chi connectivity index (χ0) is 21.1. The van der Waals surface area contributed by atoms with Crippen LogP contribution in [0.15, 0.2) is 48.7 Å². The molecule has 154 valence electrons. The Bertz CT molecular complexity index is 981. The number of benzene rings is 2. The number of hydrogen-bond donors (Lipinski definition) is 1. The van der Waals surface area contributed by atoms with Crippen molar-refractivity contribution in [3.8, 4) is 0 Å². The number of fused-ring (bicyclic) bond motifs is 1. The lowest BCUT2D eigenvalue weighted by Gasteiger charge is -2.32. The Labute approximate surface area is 172 Å². The third-order valence-electron chi connectivity index (χ3n) is 5.62. The summed E-state index contributed by atoms with van der Waals surface area (Å²) in [4.78, 5) is 18.6. The van der Waals surface area contributed by atoms with Gasteiger partial charge in [0.25, 0.3) is 0 Å². The van der Waals surface area contributed by atoms with Crippen LogP contribution >= 0.6 is 0 Å². The number of rotatable bonds is 7. The summed E-state index contributed by atoms with van der Waals surface area (Å²) in [5, 5.41) is 1.10. The fraction of sp³-hybridized carbons (Fsp3) is 0.400. The van der Waals surface area contributed by atoms with E-state index in [1.165, 1.54) is 11.6 Å². The molecule has 2 aromatic carbocycles. The van der Waals surface area contributed by atoms with Crippen LogP contribution in [0.4, 0.5) is 4.39 Å². The Kier molecular flexibility index (Phi) is 6.41. The summed E-state index contributed by atoms with van der Waals surface area (Å²) in [6.45, 7) is 10.3. The number of hydrogen-bond acceptors (Lipinski definition) is 1. The van der Waals surface area contributed by atoms with Gasteiger partial charge < -0.3 is 9.88 Å². The zero-order valence-electron chi connectivity index (χ0n) is 18.0. The van der Waals surface area contributed by atoms with E-state index in [0.717, 1.165) is 28.5 Å². The first-order chi connectivity index (χ1) is 13.8. The molecule has 0 saturated carbocycles. The van der Waals surface area contributed by atoms with Crippen LogP contribution in [-0.2, 0) is 11.2 Å². The summed E-state index contributed by atoms with van der Waals surface area (Å²) in [5.74, 6) is -0.400. The van der Waals surface area contributed by atoms with E-state index in [-0.39, 0.29) is 29.7 Å². The van der Waals surface area contributed by atoms with Gasteiger partial charge in [-0.15, -0.1) is 0 Å². The minimum atomic E-state index is -0.279. The van der Waals surface area contributed by atoms with E-state index >= 15 is 0 Å². The number of H-pyrrole nitrogens is 1. The first-order valence-electron chi connectivity index (χ1n) is 10.5. The molecule has 1 heterocycles. The number of amides is 1. The smallest absolute Gasteiger partial charge is 0.223 e. The molecule has 0 aliphatic rings. The lowest BCUT2D eigenvalue weighted by Crippen LogP contribution is -2.42. The molecule has 29 heavy (non-hydrogen) atoms. The number of nitrogens with one attached hydrogen (secondary N) is 1. The van der Waals surface area contributed by atoms with Gasteiger partial charge in [-0.05, 0) is 62.9 Å². The van der Waals surface area contributed by atoms with Gasteiger partial charge in [0.05, 0.1) is 0 Å². The second kappa shape index (κ2) is 8.81. The number of nitrogens with zero attached hydrogens (tertiary/aromatic N) is 1. The molecule has 1 atom stereocenters. The van der Waals surface area contributed by atoms with E-state index in [1.807, 2.05) is 44.9 Å². The highest BCUT2D eigenvalue weighted by Gasteiger charge is 2.27. The van der Waals surface area contributed by atoms with Crippen molar-refractivity contribution in [1.82, 2.24) is 9.88 Å². The molecule has 4 heteroatoms. The van der Waals surface area contributed by atoms with Crippen LogP contribution in [0.2, 0.25) is 0 Å². The van der Waals surface area contributed by atoms with Crippen LogP contribution in [0.3, 0.4) is 0 Å². The predicted octanol–water partition coefficient (Wildman–Crippen LogP) is 6.04. The summed E-state index contributed by atoms with van der Waals surface area (Å²) in [6, 6.07) is 13.1. The topological polar surface area (TPSA) is 36.1 Å². The zero-order valence-corrected chi connectivity index (χ0v) is 18.0. The number of aromatic amines is 1. The van der Waals surface area contributed by atoms with Gasteiger partial charge in [0.2, 0.25) is 5.91 Å². The van der Waals surface area contributed by atoms with E-state index in [4.69, 9.17) is 0 Å². The van der Waals surface area contributed by atoms with Crippen molar-refractivity contribution < 1.29 is 9.18 Å². The van der Waals surface area contributed by atoms with Gasteiger partial charge in [-0.2, -0.15) is 0 Å². The van der Waals surface area contributed by atoms with Crippen molar-refractivity contribution in [2.45, 2.75) is 65.5 Å². The molecule has 3 aromatic rings. The third kappa shape index (κ3) is 4.36. The molecular formula is C25H31FN2O. The molecule has 3 rings (SSSR count). The Balaban J connectivity index is 2.09. The molecule has 1 N–H and O–H groups in total. The van der Waals surface area contributed by atoms with E-state index in [2.05, 4.69) is 30.1 Å². The van der Waals surface area contributed by atoms with Gasteiger partial charge in [0, 0.05) is 41.5 Å². The SMILES string of the molecule is CCc1cccc2c(C(CC(=O)N(C(C)C)C(C)C)c3cccc(F)c3)c[nH]c12. The first kappa shape index (κ1) is 21.1. The minimum absolute atomic E-state index is 0.0882. The molecule has 0 bridgehead atoms. The molecule has 3 nitrogen and oxygen atoms in total. The number of halogens is 1. The van der Waals surface area contributed by atoms with Crippen LogP contribution in [0.25, 0.3) is 10.9 Å². The average molecular weight is 395 g/mol. The molecular weight excluding hydrogens is 363 g/mol. The lowest BCUT2D eigenvalue weighted by molar-refractivity contribution is -0.135. The summed E-state index contributed by atoms with van der Waals surface area (Å²) < 4.78 is 14.1. The molecule has 0 aliphatic carbocycles. The number of aromatic nitrogens is 1. The Hall–Kier alpha value is -2.62. The molecule has 0 saturated heterocycles. The highest BCUT2D eigenvalue weighted by molar-refractivity contribution is 5.88. The standard InChI is InChI=1S/C25H31FN2O/c1-6-18-9-8-12-21-23(15-27-25(18)21)22(19-10-7-11-20(26)13-19)14-24(29)28(16(2)3)17(4)5/h7-13,15-17,22,27H,6,14H2,1-5H3. The van der Waals surface area contributed by atoms with Crippen molar-refractivity contribution in [2.24, 2.45) is 0 Å². The van der Waals surface area contributed by atoms with Gasteiger partial charge in [-0.3, -0.25) is 4.79 Å². The lowest BCUT2D eigenvalue weighted by atomic mass is 9.87. The van der Waals surface area contributed by atoms with Crippen molar-refractivity contribution in [1.29, 1.82) is 0 Å². The quantitative estimate of drug-likeness (QED) is 0.521. The van der Waals surface area contributed by atoms with Crippen LogP contribution in [0.5, 0.6) is 0 Å². The highest BCUT2D eigenvalue weighted by atomic mass is 19.1. The molecule has 1 unspecified atom stereocenters. The van der Waals surface area contributed by atoms with Crippen molar-refractivity contribution >= 4 is 16.8 Å². The fourth-order valence-electron chi connectivity index (χ4n) is 4.40. The maximum Gasteiger partial charge on any atom is 0.223 e. The molecule has 0 aliphatic heterocycles. The summed E-state index contributed by atoms with van der Waals surface area (Å²) in [5.41, 5.74) is 4.21. The Morgan fingerprint density at radius 2 is 1.76 bits per heavy atom. The van der Waals surface area contributed by atoms with Crippen LogP contribution in [-0.4, -0.2) is 27.9 Å². The third-order valence-corrected chi connectivity index (χ3v) is 5.62. The predicted molar refractivity (Wildman–Crippen MR) is 118 cm³/mol. The van der Waals surface area contributed by atoms with Gasteiger partial charge in [0.15, 0.2) is 0 Å². The summed E-state index contributed by atoms with van der Waals surface area (Å²) in [6.07, 6.45) is 3.22. The van der Waals surface area contributed by atoms with Gasteiger partial charge >= 0.3 is 0 Å². The maximum atomic E-state index is 14.1. The second-order valence-electron chi connectivity index (χ2n) is 8.24. The molecule has 0 spiro atoms. The number of carbonyl (C=O) groups excluding carboxylic acids is 1. The fourth-order valence-corrected chi connectivity index (χ4v) is 4.40. The van der Waals surface area contributed by atoms with Gasteiger partial charge in [-0.1, -0.05) is 37.3 Å². The van der Waals surface area contributed by atoms with E-state index in [9.17, 15) is 9.18 Å². The average Bonchev–Trinajstić information content (AvgIpc) is 3.09. The highest BCUT2D eigenvalue weighted by Crippen LogP contribution is 2.35. The van der Waals surface area contributed by atoms with Crippen LogP contribution < -0.4 is 0 Å². The number of carbonyl (C=O) groups is 1. The Morgan fingerprint density at radius 1 is 1.07 bits per heavy atom. The minimum Gasteiger partial charge on any atom is -0.361 e. The molecule has 1 aromatic heterocycles. The van der Waals surface area contributed by atoms with E-state index < -0.39 is 0 Å². The summed E-state index contributed by atoms with van der Waals surface area (Å²) in [7, 11) is 0. The van der Waals surface area contributed by atoms with Crippen molar-refractivity contribution in [2.75, 3.05) is 0 Å².